The second kappa shape index (κ2) is 5.50. The van der Waals surface area contributed by atoms with Crippen LogP contribution in [0.3, 0.4) is 0 Å². The summed E-state index contributed by atoms with van der Waals surface area (Å²) >= 11 is 7.20. The van der Waals surface area contributed by atoms with E-state index in [4.69, 9.17) is 17.3 Å². The second-order valence-electron chi connectivity index (χ2n) is 4.04. The molecule has 4 nitrogen and oxygen atoms in total. The van der Waals surface area contributed by atoms with Crippen molar-refractivity contribution in [1.82, 2.24) is 4.31 Å². The molecule has 1 aromatic heterocycles. The highest BCUT2D eigenvalue weighted by molar-refractivity contribution is 7.89. The Bertz CT molecular complexity index is 665. The molecular weight excluding hydrogens is 304 g/mol. The van der Waals surface area contributed by atoms with E-state index in [2.05, 4.69) is 0 Å². The number of rotatable bonds is 4. The van der Waals surface area contributed by atoms with Gasteiger partial charge in [-0.1, -0.05) is 11.6 Å². The van der Waals surface area contributed by atoms with Crippen LogP contribution in [-0.2, 0) is 16.6 Å². The summed E-state index contributed by atoms with van der Waals surface area (Å²) in [5.74, 6) is 0. The second-order valence-corrected chi connectivity index (χ2v) is 7.88. The highest BCUT2D eigenvalue weighted by Crippen LogP contribution is 2.24. The molecule has 0 radical (unpaired) electrons. The van der Waals surface area contributed by atoms with Gasteiger partial charge in [0.25, 0.3) is 0 Å². The predicted molar refractivity (Wildman–Crippen MR) is 78.8 cm³/mol. The van der Waals surface area contributed by atoms with Crippen LogP contribution in [0, 0.1) is 0 Å². The number of nitrogen functional groups attached to an aromatic ring is 1. The normalized spacial score (nSPS) is 11.9. The van der Waals surface area contributed by atoms with E-state index in [1.165, 1.54) is 27.8 Å². The van der Waals surface area contributed by atoms with Crippen molar-refractivity contribution in [1.29, 1.82) is 0 Å². The zero-order valence-corrected chi connectivity index (χ0v) is 12.6. The largest absolute Gasteiger partial charge is 0.399 e. The zero-order valence-electron chi connectivity index (χ0n) is 10.2. The molecule has 0 aliphatic carbocycles. The van der Waals surface area contributed by atoms with Crippen molar-refractivity contribution in [2.75, 3.05) is 12.8 Å². The fraction of sp³-hybridized carbons (Fsp3) is 0.167. The van der Waals surface area contributed by atoms with E-state index < -0.39 is 10.0 Å². The molecule has 102 valence electrons. The lowest BCUT2D eigenvalue weighted by Gasteiger charge is -2.16. The summed E-state index contributed by atoms with van der Waals surface area (Å²) in [5.41, 5.74) is 6.08. The number of nitrogens with two attached hydrogens (primary N) is 1. The Kier molecular flexibility index (Phi) is 4.15. The molecule has 0 atom stereocenters. The number of thiophene rings is 1. The molecule has 0 spiro atoms. The van der Waals surface area contributed by atoms with Crippen LogP contribution in [0.25, 0.3) is 0 Å². The van der Waals surface area contributed by atoms with Gasteiger partial charge in [0.1, 0.15) is 0 Å². The van der Waals surface area contributed by atoms with Crippen LogP contribution in [0.1, 0.15) is 4.88 Å². The lowest BCUT2D eigenvalue weighted by atomic mass is 10.3. The molecule has 19 heavy (non-hydrogen) atoms. The molecule has 1 heterocycles. The van der Waals surface area contributed by atoms with E-state index in [0.29, 0.717) is 16.6 Å². The number of anilines is 1. The Labute approximate surface area is 121 Å². The van der Waals surface area contributed by atoms with Crippen molar-refractivity contribution >= 4 is 38.6 Å². The number of nitrogens with zero attached hydrogens (tertiary/aromatic N) is 1. The average Bonchev–Trinajstić information content (AvgIpc) is 2.75. The predicted octanol–water partition coefficient (Wildman–Crippen LogP) is 2.80. The zero-order chi connectivity index (χ0) is 14.0. The molecule has 0 aliphatic heterocycles. The maximum absolute atomic E-state index is 12.3. The van der Waals surface area contributed by atoms with Crippen molar-refractivity contribution in [3.63, 3.8) is 0 Å². The third-order valence-corrected chi connectivity index (χ3v) is 5.63. The van der Waals surface area contributed by atoms with E-state index in [0.717, 1.165) is 4.88 Å². The van der Waals surface area contributed by atoms with Gasteiger partial charge in [-0.3, -0.25) is 0 Å². The number of halogens is 1. The van der Waals surface area contributed by atoms with Crippen LogP contribution in [0.5, 0.6) is 0 Å². The maximum atomic E-state index is 12.3. The van der Waals surface area contributed by atoms with Gasteiger partial charge in [0.05, 0.1) is 9.23 Å². The van der Waals surface area contributed by atoms with Crippen LogP contribution in [0.15, 0.2) is 41.3 Å². The number of sulfonamides is 1. The molecule has 0 unspecified atom stereocenters. The van der Waals surface area contributed by atoms with Gasteiger partial charge in [-0.2, -0.15) is 4.31 Å². The molecule has 0 aliphatic rings. The standard InChI is InChI=1S/C12H13ClN2O2S2/c1-15(8-10-4-7-12(13)18-10)19(16,17)11-5-2-9(14)3-6-11/h2-7H,8,14H2,1H3. The molecule has 0 bridgehead atoms. The molecule has 2 rings (SSSR count). The summed E-state index contributed by atoms with van der Waals surface area (Å²) in [6.07, 6.45) is 0. The Morgan fingerprint density at radius 3 is 2.37 bits per heavy atom. The summed E-state index contributed by atoms with van der Waals surface area (Å²) in [7, 11) is -1.96. The minimum absolute atomic E-state index is 0.229. The van der Waals surface area contributed by atoms with E-state index in [1.807, 2.05) is 6.07 Å². The summed E-state index contributed by atoms with van der Waals surface area (Å²) in [4.78, 5) is 1.12. The molecule has 7 heteroatoms. The average molecular weight is 317 g/mol. The van der Waals surface area contributed by atoms with Gasteiger partial charge in [0, 0.05) is 24.2 Å². The Balaban J connectivity index is 2.21. The van der Waals surface area contributed by atoms with Crippen LogP contribution < -0.4 is 5.73 Å². The van der Waals surface area contributed by atoms with Crippen molar-refractivity contribution in [2.24, 2.45) is 0 Å². The minimum atomic E-state index is -3.50. The van der Waals surface area contributed by atoms with Crippen LogP contribution in [0.2, 0.25) is 4.34 Å². The van der Waals surface area contributed by atoms with Gasteiger partial charge >= 0.3 is 0 Å². The van der Waals surface area contributed by atoms with E-state index >= 15 is 0 Å². The minimum Gasteiger partial charge on any atom is -0.399 e. The fourth-order valence-electron chi connectivity index (χ4n) is 1.56. The monoisotopic (exact) mass is 316 g/mol. The van der Waals surface area contributed by atoms with Gasteiger partial charge in [0.15, 0.2) is 0 Å². The summed E-state index contributed by atoms with van der Waals surface area (Å²) in [6.45, 7) is 0.296. The Hall–Kier alpha value is -1.08. The summed E-state index contributed by atoms with van der Waals surface area (Å²) < 4.78 is 26.6. The highest BCUT2D eigenvalue weighted by atomic mass is 35.5. The molecule has 0 saturated carbocycles. The first kappa shape index (κ1) is 14.3. The Morgan fingerprint density at radius 1 is 1.21 bits per heavy atom. The van der Waals surface area contributed by atoms with E-state index in [9.17, 15) is 8.42 Å². The topological polar surface area (TPSA) is 63.4 Å². The van der Waals surface area contributed by atoms with Crippen LogP contribution in [0.4, 0.5) is 5.69 Å². The molecule has 0 fully saturated rings. The Morgan fingerprint density at radius 2 is 1.84 bits per heavy atom. The van der Waals surface area contributed by atoms with Crippen molar-refractivity contribution in [2.45, 2.75) is 11.4 Å². The van der Waals surface area contributed by atoms with Crippen molar-refractivity contribution in [3.05, 3.63) is 45.6 Å². The first-order chi connectivity index (χ1) is 8.89. The molecule has 0 saturated heterocycles. The lowest BCUT2D eigenvalue weighted by molar-refractivity contribution is 0.469. The molecule has 0 amide bonds. The van der Waals surface area contributed by atoms with Crippen molar-refractivity contribution < 1.29 is 8.42 Å². The highest BCUT2D eigenvalue weighted by Gasteiger charge is 2.21. The maximum Gasteiger partial charge on any atom is 0.243 e. The molecular formula is C12H13ClN2O2S2. The SMILES string of the molecule is CN(Cc1ccc(Cl)s1)S(=O)(=O)c1ccc(N)cc1. The van der Waals surface area contributed by atoms with Crippen LogP contribution in [-0.4, -0.2) is 19.8 Å². The molecule has 2 aromatic rings. The summed E-state index contributed by atoms with van der Waals surface area (Å²) in [6, 6.07) is 9.73. The van der Waals surface area contributed by atoms with Gasteiger partial charge in [0.2, 0.25) is 10.0 Å². The van der Waals surface area contributed by atoms with Gasteiger partial charge in [-0.25, -0.2) is 8.42 Å². The van der Waals surface area contributed by atoms with E-state index in [-0.39, 0.29) is 4.90 Å². The molecule has 1 aromatic carbocycles. The third-order valence-electron chi connectivity index (χ3n) is 2.60. The molecule has 2 N–H and O–H groups in total. The first-order valence-electron chi connectivity index (χ1n) is 5.45. The van der Waals surface area contributed by atoms with Gasteiger partial charge in [-0.15, -0.1) is 11.3 Å². The van der Waals surface area contributed by atoms with Crippen LogP contribution >= 0.6 is 22.9 Å². The number of hydrogen-bond acceptors (Lipinski definition) is 4. The summed E-state index contributed by atoms with van der Waals surface area (Å²) in [5, 5.41) is 0. The van der Waals surface area contributed by atoms with Gasteiger partial charge < -0.3 is 5.73 Å². The van der Waals surface area contributed by atoms with Crippen molar-refractivity contribution in [3.8, 4) is 0 Å². The lowest BCUT2D eigenvalue weighted by Crippen LogP contribution is -2.26. The smallest absolute Gasteiger partial charge is 0.243 e. The first-order valence-corrected chi connectivity index (χ1v) is 8.09. The fourth-order valence-corrected chi connectivity index (χ4v) is 3.93. The van der Waals surface area contributed by atoms with Gasteiger partial charge in [-0.05, 0) is 36.4 Å². The van der Waals surface area contributed by atoms with E-state index in [1.54, 1.807) is 25.2 Å². The number of benzene rings is 1. The quantitative estimate of drug-likeness (QED) is 0.882. The third kappa shape index (κ3) is 3.27. The number of hydrogen-bond donors (Lipinski definition) is 1.